The molecule has 0 bridgehead atoms. The third-order valence-electron chi connectivity index (χ3n) is 3.33. The van der Waals surface area contributed by atoms with Gasteiger partial charge in [-0.2, -0.15) is 0 Å². The minimum atomic E-state index is -0.457. The van der Waals surface area contributed by atoms with Crippen molar-refractivity contribution in [3.63, 3.8) is 0 Å². The van der Waals surface area contributed by atoms with Crippen molar-refractivity contribution in [1.82, 2.24) is 0 Å². The van der Waals surface area contributed by atoms with Gasteiger partial charge < -0.3 is 4.74 Å². The molecule has 0 aliphatic heterocycles. The first-order chi connectivity index (χ1) is 11.1. The molecule has 2 rings (SSSR count). The average Bonchev–Trinajstić information content (AvgIpc) is 2.59. The molecular weight excluding hydrogens is 376 g/mol. The van der Waals surface area contributed by atoms with Crippen molar-refractivity contribution in [2.75, 3.05) is 12.9 Å². The van der Waals surface area contributed by atoms with Crippen molar-refractivity contribution in [3.8, 4) is 0 Å². The molecule has 0 amide bonds. The van der Waals surface area contributed by atoms with Crippen LogP contribution in [0.15, 0.2) is 64.0 Å². The molecule has 0 radical (unpaired) electrons. The second-order valence-electron chi connectivity index (χ2n) is 4.98. The maximum absolute atomic E-state index is 12.4. The van der Waals surface area contributed by atoms with E-state index in [2.05, 4.69) is 15.9 Å². The molecule has 1 atom stereocenters. The molecule has 0 aliphatic carbocycles. The Balaban J connectivity index is 2.02. The minimum absolute atomic E-state index is 0.0541. The van der Waals surface area contributed by atoms with Crippen LogP contribution in [0.5, 0.6) is 0 Å². The fraction of sp³-hybridized carbons (Fsp3) is 0.222. The Morgan fingerprint density at radius 3 is 2.35 bits per heavy atom. The molecule has 2 aromatic carbocycles. The highest BCUT2D eigenvalue weighted by Gasteiger charge is 2.23. The van der Waals surface area contributed by atoms with Gasteiger partial charge in [0.2, 0.25) is 0 Å². The van der Waals surface area contributed by atoms with E-state index in [1.807, 2.05) is 42.5 Å². The first kappa shape index (κ1) is 17.8. The van der Waals surface area contributed by atoms with E-state index in [0.717, 1.165) is 9.37 Å². The Kier molecular flexibility index (Phi) is 6.86. The molecule has 120 valence electrons. The zero-order chi connectivity index (χ0) is 16.7. The second kappa shape index (κ2) is 8.89. The number of rotatable bonds is 7. The summed E-state index contributed by atoms with van der Waals surface area (Å²) >= 11 is 4.89. The Hall–Kier alpha value is -1.59. The zero-order valence-electron chi connectivity index (χ0n) is 12.7. The lowest BCUT2D eigenvalue weighted by Crippen LogP contribution is -2.22. The van der Waals surface area contributed by atoms with E-state index in [0.29, 0.717) is 11.3 Å². The number of hydrogen-bond acceptors (Lipinski definition) is 4. The van der Waals surface area contributed by atoms with E-state index >= 15 is 0 Å². The van der Waals surface area contributed by atoms with Crippen molar-refractivity contribution >= 4 is 39.4 Å². The maximum Gasteiger partial charge on any atom is 0.309 e. The molecule has 23 heavy (non-hydrogen) atoms. The van der Waals surface area contributed by atoms with E-state index in [1.165, 1.54) is 7.11 Å². The first-order valence-corrected chi connectivity index (χ1v) is 8.92. The second-order valence-corrected chi connectivity index (χ2v) is 6.99. The summed E-state index contributed by atoms with van der Waals surface area (Å²) in [5.41, 5.74) is 0.604. The van der Waals surface area contributed by atoms with Crippen molar-refractivity contribution in [1.29, 1.82) is 0 Å². The maximum atomic E-state index is 12.4. The predicted octanol–water partition coefficient (Wildman–Crippen LogP) is 4.60. The molecule has 2 aromatic rings. The number of hydrogen-bond donors (Lipinski definition) is 0. The summed E-state index contributed by atoms with van der Waals surface area (Å²) in [5.74, 6) is -0.347. The van der Waals surface area contributed by atoms with Crippen molar-refractivity contribution in [2.24, 2.45) is 5.92 Å². The number of benzene rings is 2. The number of thioether (sulfide) groups is 1. The summed E-state index contributed by atoms with van der Waals surface area (Å²) in [4.78, 5) is 25.4. The Labute approximate surface area is 148 Å². The van der Waals surface area contributed by atoms with Gasteiger partial charge in [-0.3, -0.25) is 9.59 Å². The van der Waals surface area contributed by atoms with Crippen LogP contribution >= 0.6 is 27.7 Å². The minimum Gasteiger partial charge on any atom is -0.469 e. The summed E-state index contributed by atoms with van der Waals surface area (Å²) in [6.45, 7) is 0. The number of Topliss-reactive ketones (excluding diaryl/α,β-unsaturated/α-hetero) is 1. The van der Waals surface area contributed by atoms with Crippen LogP contribution in [0.25, 0.3) is 0 Å². The van der Waals surface area contributed by atoms with Crippen LogP contribution < -0.4 is 0 Å². The van der Waals surface area contributed by atoms with Gasteiger partial charge in [-0.05, 0) is 24.3 Å². The predicted molar refractivity (Wildman–Crippen MR) is 95.8 cm³/mol. The summed E-state index contributed by atoms with van der Waals surface area (Å²) in [6, 6.07) is 16.9. The number of ether oxygens (including phenoxy) is 1. The van der Waals surface area contributed by atoms with Crippen molar-refractivity contribution in [2.45, 2.75) is 11.3 Å². The van der Waals surface area contributed by atoms with Crippen molar-refractivity contribution in [3.05, 3.63) is 64.6 Å². The number of esters is 1. The SMILES string of the molecule is COC(=O)C(CSc1ccccc1)CC(=O)c1ccc(Br)cc1. The fourth-order valence-electron chi connectivity index (χ4n) is 2.07. The van der Waals surface area contributed by atoms with Crippen molar-refractivity contribution < 1.29 is 14.3 Å². The van der Waals surface area contributed by atoms with Gasteiger partial charge in [-0.25, -0.2) is 0 Å². The van der Waals surface area contributed by atoms with Gasteiger partial charge in [0.15, 0.2) is 5.78 Å². The highest BCUT2D eigenvalue weighted by atomic mass is 79.9. The smallest absolute Gasteiger partial charge is 0.309 e. The van der Waals surface area contributed by atoms with Gasteiger partial charge in [0, 0.05) is 27.1 Å². The lowest BCUT2D eigenvalue weighted by atomic mass is 10.00. The van der Waals surface area contributed by atoms with Crippen LogP contribution in [0, 0.1) is 5.92 Å². The third-order valence-corrected chi connectivity index (χ3v) is 5.03. The van der Waals surface area contributed by atoms with Gasteiger partial charge in [-0.1, -0.05) is 46.3 Å². The van der Waals surface area contributed by atoms with Gasteiger partial charge in [0.05, 0.1) is 13.0 Å². The van der Waals surface area contributed by atoms with Gasteiger partial charge in [0.25, 0.3) is 0 Å². The third kappa shape index (κ3) is 5.52. The number of halogens is 1. The highest BCUT2D eigenvalue weighted by molar-refractivity contribution is 9.10. The lowest BCUT2D eigenvalue weighted by Gasteiger charge is -2.13. The van der Waals surface area contributed by atoms with E-state index in [9.17, 15) is 9.59 Å². The van der Waals surface area contributed by atoms with Crippen LogP contribution in [-0.2, 0) is 9.53 Å². The van der Waals surface area contributed by atoms with Gasteiger partial charge in [0.1, 0.15) is 0 Å². The van der Waals surface area contributed by atoms with E-state index in [-0.39, 0.29) is 18.2 Å². The molecule has 0 heterocycles. The molecular formula is C18H17BrO3S. The number of carbonyl (C=O) groups is 2. The van der Waals surface area contributed by atoms with Crippen LogP contribution in [0.4, 0.5) is 0 Å². The molecule has 0 spiro atoms. The van der Waals surface area contributed by atoms with Gasteiger partial charge >= 0.3 is 5.97 Å². The molecule has 0 saturated carbocycles. The Bertz CT molecular complexity index is 656. The fourth-order valence-corrected chi connectivity index (χ4v) is 3.33. The quantitative estimate of drug-likeness (QED) is 0.392. The summed E-state index contributed by atoms with van der Waals surface area (Å²) in [5, 5.41) is 0. The molecule has 0 saturated heterocycles. The normalized spacial score (nSPS) is 11.7. The Morgan fingerprint density at radius 1 is 1.09 bits per heavy atom. The number of methoxy groups -OCH3 is 1. The summed E-state index contributed by atoms with van der Waals surface area (Å²) < 4.78 is 5.76. The van der Waals surface area contributed by atoms with E-state index in [4.69, 9.17) is 4.74 Å². The molecule has 0 aromatic heterocycles. The number of carbonyl (C=O) groups excluding carboxylic acids is 2. The summed E-state index contributed by atoms with van der Waals surface area (Å²) in [6.07, 6.45) is 0.147. The molecule has 1 unspecified atom stereocenters. The molecule has 0 fully saturated rings. The molecule has 3 nitrogen and oxygen atoms in total. The lowest BCUT2D eigenvalue weighted by molar-refractivity contribution is -0.144. The molecule has 0 N–H and O–H groups in total. The number of ketones is 1. The van der Waals surface area contributed by atoms with Gasteiger partial charge in [-0.15, -0.1) is 11.8 Å². The van der Waals surface area contributed by atoms with Crippen LogP contribution in [0.1, 0.15) is 16.8 Å². The topological polar surface area (TPSA) is 43.4 Å². The Morgan fingerprint density at radius 2 is 1.74 bits per heavy atom. The molecule has 0 aliphatic rings. The van der Waals surface area contributed by atoms with E-state index < -0.39 is 5.92 Å². The standard InChI is InChI=1S/C18H17BrO3S/c1-22-18(21)14(12-23-16-5-3-2-4-6-16)11-17(20)13-7-9-15(19)10-8-13/h2-10,14H,11-12H2,1H3. The first-order valence-electron chi connectivity index (χ1n) is 7.14. The van der Waals surface area contributed by atoms with E-state index in [1.54, 1.807) is 23.9 Å². The largest absolute Gasteiger partial charge is 0.469 e. The highest BCUT2D eigenvalue weighted by Crippen LogP contribution is 2.24. The average molecular weight is 393 g/mol. The van der Waals surface area contributed by atoms with Crippen LogP contribution in [0.2, 0.25) is 0 Å². The van der Waals surface area contributed by atoms with Crippen LogP contribution in [-0.4, -0.2) is 24.6 Å². The van der Waals surface area contributed by atoms with Crippen LogP contribution in [0.3, 0.4) is 0 Å². The zero-order valence-corrected chi connectivity index (χ0v) is 15.1. The summed E-state index contributed by atoms with van der Waals surface area (Å²) in [7, 11) is 1.35. The molecule has 5 heteroatoms. The monoisotopic (exact) mass is 392 g/mol.